The first kappa shape index (κ1) is 19.1. The summed E-state index contributed by atoms with van der Waals surface area (Å²) in [5.74, 6) is 0.375. The quantitative estimate of drug-likeness (QED) is 0.437. The van der Waals surface area contributed by atoms with Gasteiger partial charge in [0.05, 0.1) is 27.8 Å². The fourth-order valence-electron chi connectivity index (χ4n) is 4.01. The van der Waals surface area contributed by atoms with Crippen LogP contribution in [-0.2, 0) is 6.42 Å². The van der Waals surface area contributed by atoms with Crippen molar-refractivity contribution < 1.29 is 4.79 Å². The van der Waals surface area contributed by atoms with Gasteiger partial charge in [-0.3, -0.25) is 4.79 Å². The van der Waals surface area contributed by atoms with Gasteiger partial charge in [-0.05, 0) is 24.3 Å². The Kier molecular flexibility index (Phi) is 4.51. The number of carbonyl (C=O) groups is 1. The lowest BCUT2D eigenvalue weighted by atomic mass is 10.0. The molecule has 10 heteroatoms. The minimum absolute atomic E-state index is 0.136. The van der Waals surface area contributed by atoms with E-state index in [0.29, 0.717) is 24.3 Å². The Balaban J connectivity index is 1.43. The molecule has 1 aromatic carbocycles. The van der Waals surface area contributed by atoms with E-state index in [9.17, 15) is 4.79 Å². The van der Waals surface area contributed by atoms with Crippen LogP contribution >= 0.6 is 22.9 Å². The molecule has 0 saturated carbocycles. The number of rotatable bonds is 3. The van der Waals surface area contributed by atoms with Crippen molar-refractivity contribution >= 4 is 39.1 Å². The number of para-hydroxylation sites is 1. The van der Waals surface area contributed by atoms with E-state index in [0.717, 1.165) is 26.6 Å². The first-order valence-corrected chi connectivity index (χ1v) is 11.2. The van der Waals surface area contributed by atoms with E-state index in [1.54, 1.807) is 41.0 Å². The van der Waals surface area contributed by atoms with Crippen LogP contribution in [0.1, 0.15) is 32.8 Å². The maximum Gasteiger partial charge on any atom is 0.259 e. The van der Waals surface area contributed by atoms with Crippen molar-refractivity contribution in [2.75, 3.05) is 6.54 Å². The molecule has 0 radical (unpaired) electrons. The van der Waals surface area contributed by atoms with Gasteiger partial charge in [-0.15, -0.1) is 11.3 Å². The topological polar surface area (TPSA) is 92.6 Å². The van der Waals surface area contributed by atoms with Crippen LogP contribution < -0.4 is 0 Å². The van der Waals surface area contributed by atoms with Crippen LogP contribution in [0.5, 0.6) is 0 Å². The summed E-state index contributed by atoms with van der Waals surface area (Å²) in [6, 6.07) is 13.0. The number of imidazole rings is 1. The third kappa shape index (κ3) is 3.09. The average molecular weight is 462 g/mol. The van der Waals surface area contributed by atoms with Gasteiger partial charge in [0.1, 0.15) is 11.0 Å². The molecule has 0 aliphatic carbocycles. The largest absolute Gasteiger partial charge is 0.348 e. The predicted molar refractivity (Wildman–Crippen MR) is 121 cm³/mol. The second-order valence-corrected chi connectivity index (χ2v) is 8.82. The highest BCUT2D eigenvalue weighted by molar-refractivity contribution is 7.18. The van der Waals surface area contributed by atoms with Crippen molar-refractivity contribution in [2.45, 2.75) is 12.5 Å². The molecule has 1 atom stereocenters. The van der Waals surface area contributed by atoms with Gasteiger partial charge in [-0.25, -0.2) is 19.6 Å². The Bertz CT molecular complexity index is 1410. The second kappa shape index (κ2) is 7.54. The summed E-state index contributed by atoms with van der Waals surface area (Å²) < 4.78 is 2.59. The summed E-state index contributed by atoms with van der Waals surface area (Å²) in [6.07, 6.45) is 5.64. The second-order valence-electron chi connectivity index (χ2n) is 7.40. The van der Waals surface area contributed by atoms with Crippen LogP contribution in [-0.4, -0.2) is 47.1 Å². The van der Waals surface area contributed by atoms with Gasteiger partial charge in [0.15, 0.2) is 11.0 Å². The molecule has 0 fully saturated rings. The molecular weight excluding hydrogens is 446 g/mol. The smallest absolute Gasteiger partial charge is 0.259 e. The van der Waals surface area contributed by atoms with Gasteiger partial charge in [0.25, 0.3) is 5.91 Å². The number of nitrogens with zero attached hydrogens (tertiary/aromatic N) is 6. The number of fused-ring (bicyclic) bond motifs is 2. The van der Waals surface area contributed by atoms with Gasteiger partial charge < -0.3 is 9.88 Å². The zero-order chi connectivity index (χ0) is 21.7. The molecule has 6 rings (SSSR count). The van der Waals surface area contributed by atoms with Crippen LogP contribution in [0.3, 0.4) is 0 Å². The molecule has 1 aliphatic heterocycles. The number of pyridine rings is 1. The van der Waals surface area contributed by atoms with Gasteiger partial charge in [-0.2, -0.15) is 5.10 Å². The van der Waals surface area contributed by atoms with Gasteiger partial charge in [-0.1, -0.05) is 29.8 Å². The Morgan fingerprint density at radius 3 is 2.88 bits per heavy atom. The number of hydrogen-bond donors (Lipinski definition) is 1. The average Bonchev–Trinajstić information content (AvgIpc) is 3.56. The van der Waals surface area contributed by atoms with Crippen molar-refractivity contribution in [2.24, 2.45) is 0 Å². The van der Waals surface area contributed by atoms with Crippen LogP contribution in [0.25, 0.3) is 16.0 Å². The van der Waals surface area contributed by atoms with Gasteiger partial charge >= 0.3 is 0 Å². The van der Waals surface area contributed by atoms with E-state index in [-0.39, 0.29) is 11.1 Å². The molecule has 0 spiro atoms. The summed E-state index contributed by atoms with van der Waals surface area (Å²) in [4.78, 5) is 32.3. The molecule has 1 amide bonds. The Morgan fingerprint density at radius 2 is 2.03 bits per heavy atom. The number of hydrogen-bond acceptors (Lipinski definition) is 6. The number of nitrogens with one attached hydrogen (secondary N) is 1. The van der Waals surface area contributed by atoms with Crippen molar-refractivity contribution in [3.05, 3.63) is 88.3 Å². The van der Waals surface area contributed by atoms with Gasteiger partial charge in [0.2, 0.25) is 0 Å². The molecular formula is C22H16ClN7OS. The molecule has 5 aromatic rings. The van der Waals surface area contributed by atoms with E-state index in [1.807, 2.05) is 36.4 Å². The number of amides is 1. The summed E-state index contributed by atoms with van der Waals surface area (Å²) in [7, 11) is 0. The Labute approximate surface area is 191 Å². The zero-order valence-corrected chi connectivity index (χ0v) is 18.2. The standard InChI is InChI=1S/C22H16ClN7OS/c23-20-13(11-30(28-20)17-7-3-4-9-24-17)22(31)29-10-8-15-18(26-12-25-15)19(29)21-27-14-5-1-2-6-16(14)32-21/h1-7,9,11-12,19H,8,10H2,(H,25,26)/t19-/m0/s1. The Hall–Kier alpha value is -3.56. The van der Waals surface area contributed by atoms with Gasteiger partial charge in [0, 0.05) is 31.1 Å². The Morgan fingerprint density at radius 1 is 1.16 bits per heavy atom. The molecule has 1 aliphatic rings. The number of halogens is 1. The molecule has 0 bridgehead atoms. The molecule has 32 heavy (non-hydrogen) atoms. The van der Waals surface area contributed by atoms with Crippen LogP contribution in [0, 0.1) is 0 Å². The fourth-order valence-corrected chi connectivity index (χ4v) is 5.31. The normalized spacial score (nSPS) is 15.8. The van der Waals surface area contributed by atoms with E-state index in [4.69, 9.17) is 16.6 Å². The van der Waals surface area contributed by atoms with Crippen molar-refractivity contribution in [1.29, 1.82) is 0 Å². The van der Waals surface area contributed by atoms with E-state index in [1.165, 1.54) is 4.68 Å². The number of benzene rings is 1. The van der Waals surface area contributed by atoms with Crippen LogP contribution in [0.4, 0.5) is 0 Å². The highest BCUT2D eigenvalue weighted by Gasteiger charge is 2.37. The third-order valence-corrected chi connectivity index (χ3v) is 6.88. The molecule has 0 unspecified atom stereocenters. The summed E-state index contributed by atoms with van der Waals surface area (Å²) in [5, 5.41) is 5.26. The number of thiazole rings is 1. The zero-order valence-electron chi connectivity index (χ0n) is 16.6. The maximum atomic E-state index is 13.7. The highest BCUT2D eigenvalue weighted by Crippen LogP contribution is 2.38. The van der Waals surface area contributed by atoms with E-state index < -0.39 is 6.04 Å². The number of aromatic nitrogens is 6. The van der Waals surface area contributed by atoms with Crippen molar-refractivity contribution in [3.8, 4) is 5.82 Å². The third-order valence-electron chi connectivity index (χ3n) is 5.51. The summed E-state index contributed by atoms with van der Waals surface area (Å²) in [5.41, 5.74) is 3.07. The lowest BCUT2D eigenvalue weighted by molar-refractivity contribution is 0.0690. The van der Waals surface area contributed by atoms with Crippen molar-refractivity contribution in [3.63, 3.8) is 0 Å². The summed E-state index contributed by atoms with van der Waals surface area (Å²) >= 11 is 7.97. The molecule has 158 valence electrons. The lowest BCUT2D eigenvalue weighted by Crippen LogP contribution is -2.40. The van der Waals surface area contributed by atoms with Crippen molar-refractivity contribution in [1.82, 2.24) is 34.6 Å². The summed E-state index contributed by atoms with van der Waals surface area (Å²) in [6.45, 7) is 0.514. The number of aromatic amines is 1. The predicted octanol–water partition coefficient (Wildman–Crippen LogP) is 4.04. The maximum absolute atomic E-state index is 13.7. The van der Waals surface area contributed by atoms with Crippen LogP contribution in [0.15, 0.2) is 61.2 Å². The SMILES string of the molecule is O=C(c1cn(-c2ccccn2)nc1Cl)N1CCc2[nH]cnc2[C@H]1c1nc2ccccc2s1. The minimum Gasteiger partial charge on any atom is -0.348 e. The molecule has 4 aromatic heterocycles. The first-order chi connectivity index (χ1) is 15.7. The minimum atomic E-state index is -0.399. The molecule has 8 nitrogen and oxygen atoms in total. The fraction of sp³-hybridized carbons (Fsp3) is 0.136. The number of H-pyrrole nitrogens is 1. The molecule has 0 saturated heterocycles. The van der Waals surface area contributed by atoms with Crippen LogP contribution in [0.2, 0.25) is 5.15 Å². The lowest BCUT2D eigenvalue weighted by Gasteiger charge is -2.33. The molecule has 1 N–H and O–H groups in total. The molecule has 5 heterocycles. The highest BCUT2D eigenvalue weighted by atomic mass is 35.5. The van der Waals surface area contributed by atoms with E-state index >= 15 is 0 Å². The monoisotopic (exact) mass is 461 g/mol. The first-order valence-electron chi connectivity index (χ1n) is 10.0. The number of carbonyl (C=O) groups excluding carboxylic acids is 1. The van der Waals surface area contributed by atoms with E-state index in [2.05, 4.69) is 20.1 Å².